The molecule has 1 aliphatic heterocycles. The number of halogens is 2. The molecule has 0 saturated heterocycles. The number of aromatic nitrogens is 1. The van der Waals surface area contributed by atoms with Crippen LogP contribution >= 0.6 is 27.5 Å². The lowest BCUT2D eigenvalue weighted by Crippen LogP contribution is -2.39. The van der Waals surface area contributed by atoms with Crippen molar-refractivity contribution in [3.8, 4) is 11.5 Å². The summed E-state index contributed by atoms with van der Waals surface area (Å²) in [6.07, 6.45) is 0. The summed E-state index contributed by atoms with van der Waals surface area (Å²) in [5, 5.41) is 6.34. The molecule has 5 rings (SSSR count). The van der Waals surface area contributed by atoms with Crippen LogP contribution in [0.3, 0.4) is 0 Å². The van der Waals surface area contributed by atoms with Crippen LogP contribution in [0, 0.1) is 0 Å². The molecule has 36 heavy (non-hydrogen) atoms. The van der Waals surface area contributed by atoms with Gasteiger partial charge in [-0.05, 0) is 54.1 Å². The molecule has 4 aromatic rings. The fourth-order valence-corrected chi connectivity index (χ4v) is 4.25. The van der Waals surface area contributed by atoms with Gasteiger partial charge in [-0.25, -0.2) is 4.68 Å². The zero-order valence-electron chi connectivity index (χ0n) is 18.5. The Morgan fingerprint density at radius 2 is 1.75 bits per heavy atom. The van der Waals surface area contributed by atoms with Crippen LogP contribution in [0.2, 0.25) is 5.02 Å². The summed E-state index contributed by atoms with van der Waals surface area (Å²) in [6.45, 7) is 0.240. The zero-order chi connectivity index (χ0) is 25.2. The van der Waals surface area contributed by atoms with Crippen molar-refractivity contribution in [1.82, 2.24) is 9.99 Å². The van der Waals surface area contributed by atoms with Crippen LogP contribution in [0.4, 0.5) is 5.69 Å². The molecule has 0 atom stereocenters. The summed E-state index contributed by atoms with van der Waals surface area (Å²) in [4.78, 5) is 38.5. The maximum Gasteiger partial charge on any atom is 0.328 e. The molecule has 0 spiro atoms. The van der Waals surface area contributed by atoms with Crippen molar-refractivity contribution in [3.63, 3.8) is 0 Å². The van der Waals surface area contributed by atoms with Crippen molar-refractivity contribution in [1.29, 1.82) is 0 Å². The molecule has 0 saturated carbocycles. The minimum atomic E-state index is -0.942. The fourth-order valence-electron chi connectivity index (χ4n) is 3.69. The zero-order valence-corrected chi connectivity index (χ0v) is 20.9. The normalized spacial score (nSPS) is 11.8. The van der Waals surface area contributed by atoms with E-state index in [9.17, 15) is 14.4 Å². The van der Waals surface area contributed by atoms with Crippen LogP contribution in [0.15, 0.2) is 71.2 Å². The van der Waals surface area contributed by atoms with Crippen LogP contribution in [0.25, 0.3) is 10.9 Å². The lowest BCUT2D eigenvalue weighted by molar-refractivity contribution is -0.136. The van der Waals surface area contributed by atoms with Gasteiger partial charge in [-0.2, -0.15) is 0 Å². The number of rotatable bonds is 5. The number of hydrogen-bond donors (Lipinski definition) is 3. The van der Waals surface area contributed by atoms with Gasteiger partial charge in [0.05, 0.1) is 16.2 Å². The number of carbonyl (C=O) groups excluding carboxylic acids is 3. The highest BCUT2D eigenvalue weighted by atomic mass is 79.9. The highest BCUT2D eigenvalue weighted by molar-refractivity contribution is 9.10. The van der Waals surface area contributed by atoms with Crippen molar-refractivity contribution in [3.05, 3.63) is 87.5 Å². The van der Waals surface area contributed by atoms with E-state index in [0.29, 0.717) is 33.1 Å². The molecule has 0 radical (unpaired) electrons. The lowest BCUT2D eigenvalue weighted by Gasteiger charge is -2.13. The molecule has 3 aromatic carbocycles. The topological polar surface area (TPSA) is 111 Å². The van der Waals surface area contributed by atoms with E-state index in [2.05, 4.69) is 32.0 Å². The smallest absolute Gasteiger partial charge is 0.328 e. The van der Waals surface area contributed by atoms with E-state index in [4.69, 9.17) is 21.1 Å². The molecule has 9 nitrogen and oxygen atoms in total. The van der Waals surface area contributed by atoms with E-state index in [-0.39, 0.29) is 19.0 Å². The Bertz CT molecular complexity index is 1520. The molecule has 0 unspecified atom stereocenters. The third kappa shape index (κ3) is 4.86. The summed E-state index contributed by atoms with van der Waals surface area (Å²) < 4.78 is 12.7. The van der Waals surface area contributed by atoms with Crippen molar-refractivity contribution >= 4 is 61.8 Å². The standard InChI is InChI=1S/C25H18BrClN4O5/c26-16-6-7-19-15(10-16)11-20(23(32)29-18-4-2-1-3-17(18)27)31(19)30-25(34)24(33)28-12-14-5-8-21-22(9-14)36-13-35-21/h1-11H,12-13H2,(H,28,33)(H,29,32)(H,30,34). The summed E-state index contributed by atoms with van der Waals surface area (Å²) in [6, 6.07) is 18.9. The monoisotopic (exact) mass is 568 g/mol. The molecule has 2 heterocycles. The average molecular weight is 570 g/mol. The van der Waals surface area contributed by atoms with Gasteiger partial charge in [-0.1, -0.05) is 45.7 Å². The van der Waals surface area contributed by atoms with E-state index in [1.807, 2.05) is 0 Å². The lowest BCUT2D eigenvalue weighted by atomic mass is 10.2. The number of fused-ring (bicyclic) bond motifs is 2. The van der Waals surface area contributed by atoms with Gasteiger partial charge in [0.2, 0.25) is 6.79 Å². The van der Waals surface area contributed by atoms with Gasteiger partial charge in [0, 0.05) is 16.4 Å². The van der Waals surface area contributed by atoms with Crippen LogP contribution in [-0.4, -0.2) is 29.2 Å². The first-order valence-corrected chi connectivity index (χ1v) is 11.9. The molecule has 0 fully saturated rings. The maximum absolute atomic E-state index is 13.1. The van der Waals surface area contributed by atoms with Gasteiger partial charge in [-0.3, -0.25) is 19.8 Å². The number of nitrogens with zero attached hydrogens (tertiary/aromatic N) is 1. The van der Waals surface area contributed by atoms with E-state index in [1.54, 1.807) is 66.7 Å². The predicted molar refractivity (Wildman–Crippen MR) is 138 cm³/mol. The molecule has 0 aliphatic carbocycles. The molecule has 1 aromatic heterocycles. The summed E-state index contributed by atoms with van der Waals surface area (Å²) >= 11 is 9.58. The van der Waals surface area contributed by atoms with Crippen LogP contribution in [-0.2, 0) is 16.1 Å². The molecular formula is C25H18BrClN4O5. The largest absolute Gasteiger partial charge is 0.454 e. The number of benzene rings is 3. The highest BCUT2D eigenvalue weighted by Crippen LogP contribution is 2.32. The average Bonchev–Trinajstić information content (AvgIpc) is 3.48. The SMILES string of the molecule is O=C(NCc1ccc2c(c1)OCO2)C(=O)Nn1c(C(=O)Nc2ccccc2Cl)cc2cc(Br)ccc21. The number of carbonyl (C=O) groups is 3. The van der Waals surface area contributed by atoms with E-state index in [0.717, 1.165) is 10.0 Å². The number of anilines is 1. The Morgan fingerprint density at radius 1 is 0.944 bits per heavy atom. The molecule has 182 valence electrons. The predicted octanol–water partition coefficient (Wildman–Crippen LogP) is 4.42. The van der Waals surface area contributed by atoms with E-state index in [1.165, 1.54) is 4.68 Å². The third-order valence-corrected chi connectivity index (χ3v) is 6.25. The summed E-state index contributed by atoms with van der Waals surface area (Å²) in [5.74, 6) is -1.13. The minimum Gasteiger partial charge on any atom is -0.454 e. The van der Waals surface area contributed by atoms with Gasteiger partial charge < -0.3 is 20.1 Å². The second kappa shape index (κ2) is 9.92. The maximum atomic E-state index is 13.1. The van der Waals surface area contributed by atoms with Crippen molar-refractivity contribution in [2.45, 2.75) is 6.54 Å². The first kappa shape index (κ1) is 23.7. The Kier molecular flexibility index (Phi) is 6.53. The number of ether oxygens (including phenoxy) is 2. The first-order chi connectivity index (χ1) is 17.4. The Morgan fingerprint density at radius 3 is 2.58 bits per heavy atom. The van der Waals surface area contributed by atoms with E-state index < -0.39 is 17.7 Å². The Labute approximate surface area is 218 Å². The fraction of sp³-hybridized carbons (Fsp3) is 0.0800. The molecule has 1 aliphatic rings. The van der Waals surface area contributed by atoms with E-state index >= 15 is 0 Å². The van der Waals surface area contributed by atoms with Crippen molar-refractivity contribution < 1.29 is 23.9 Å². The Balaban J connectivity index is 1.35. The number of hydrogen-bond acceptors (Lipinski definition) is 5. The third-order valence-electron chi connectivity index (χ3n) is 5.43. The van der Waals surface area contributed by atoms with Crippen LogP contribution in [0.1, 0.15) is 16.1 Å². The van der Waals surface area contributed by atoms with Gasteiger partial charge in [0.15, 0.2) is 11.5 Å². The number of amides is 3. The molecule has 3 amide bonds. The van der Waals surface area contributed by atoms with Gasteiger partial charge in [-0.15, -0.1) is 0 Å². The molecular weight excluding hydrogens is 552 g/mol. The Hall–Kier alpha value is -4.02. The van der Waals surface area contributed by atoms with Crippen molar-refractivity contribution in [2.24, 2.45) is 0 Å². The van der Waals surface area contributed by atoms with Crippen LogP contribution in [0.5, 0.6) is 11.5 Å². The molecule has 11 heteroatoms. The van der Waals surface area contributed by atoms with Gasteiger partial charge in [0.25, 0.3) is 5.91 Å². The van der Waals surface area contributed by atoms with Gasteiger partial charge in [0.1, 0.15) is 5.69 Å². The van der Waals surface area contributed by atoms with Crippen molar-refractivity contribution in [2.75, 3.05) is 17.5 Å². The molecule has 3 N–H and O–H groups in total. The quantitative estimate of drug-likeness (QED) is 0.308. The minimum absolute atomic E-state index is 0.0993. The van der Waals surface area contributed by atoms with Crippen LogP contribution < -0.4 is 25.5 Å². The second-order valence-corrected chi connectivity index (χ2v) is 9.14. The first-order valence-electron chi connectivity index (χ1n) is 10.7. The van der Waals surface area contributed by atoms with Gasteiger partial charge >= 0.3 is 11.8 Å². The second-order valence-electron chi connectivity index (χ2n) is 7.81. The summed E-state index contributed by atoms with van der Waals surface area (Å²) in [5.41, 5.74) is 4.31. The molecule has 0 bridgehead atoms. The highest BCUT2D eigenvalue weighted by Gasteiger charge is 2.22. The summed E-state index contributed by atoms with van der Waals surface area (Å²) in [7, 11) is 0. The number of nitrogens with one attached hydrogen (secondary N) is 3. The number of para-hydroxylation sites is 1.